The Bertz CT molecular complexity index is 576. The van der Waals surface area contributed by atoms with E-state index in [0.717, 1.165) is 0 Å². The van der Waals surface area contributed by atoms with Crippen molar-refractivity contribution in [2.24, 2.45) is 22.7 Å². The van der Waals surface area contributed by atoms with Crippen molar-refractivity contribution in [2.45, 2.75) is 50.6 Å². The Hall–Kier alpha value is -1.18. The summed E-state index contributed by atoms with van der Waals surface area (Å²) < 4.78 is 10.4. The summed E-state index contributed by atoms with van der Waals surface area (Å²) in [6, 6.07) is 0. The van der Waals surface area contributed by atoms with Gasteiger partial charge < -0.3 is 24.8 Å². The highest BCUT2D eigenvalue weighted by Crippen LogP contribution is 2.70. The van der Waals surface area contributed by atoms with Gasteiger partial charge in [0, 0.05) is 5.41 Å². The Morgan fingerprint density at radius 1 is 1.23 bits per heavy atom. The van der Waals surface area contributed by atoms with Gasteiger partial charge in [-0.25, -0.2) is 4.79 Å². The van der Waals surface area contributed by atoms with E-state index in [9.17, 15) is 24.9 Å². The number of carbonyl (C=O) groups excluding carboxylic acids is 2. The van der Waals surface area contributed by atoms with Gasteiger partial charge in [-0.15, -0.1) is 0 Å². The molecule has 2 heterocycles. The molecular weight excluding hydrogens is 292 g/mol. The highest BCUT2D eigenvalue weighted by molar-refractivity contribution is 5.82. The quantitative estimate of drug-likeness (QED) is 0.490. The predicted molar refractivity (Wildman–Crippen MR) is 70.2 cm³/mol. The van der Waals surface area contributed by atoms with Crippen LogP contribution in [0.2, 0.25) is 0 Å². The number of cyclic esters (lactones) is 1. The molecule has 122 valence electrons. The van der Waals surface area contributed by atoms with E-state index in [1.165, 1.54) is 0 Å². The van der Waals surface area contributed by atoms with Crippen LogP contribution in [-0.2, 0) is 19.1 Å². The molecule has 7 heteroatoms. The molecule has 22 heavy (non-hydrogen) atoms. The van der Waals surface area contributed by atoms with Crippen molar-refractivity contribution in [3.05, 3.63) is 0 Å². The van der Waals surface area contributed by atoms with E-state index in [1.54, 1.807) is 13.8 Å². The van der Waals surface area contributed by atoms with Crippen LogP contribution in [0.4, 0.5) is 0 Å². The molecule has 0 radical (unpaired) electrons. The minimum atomic E-state index is -1.77. The van der Waals surface area contributed by atoms with Gasteiger partial charge >= 0.3 is 11.9 Å². The summed E-state index contributed by atoms with van der Waals surface area (Å²) in [5.41, 5.74) is -4.09. The van der Waals surface area contributed by atoms with Crippen LogP contribution >= 0.6 is 0 Å². The Kier molecular flexibility index (Phi) is 2.51. The molecule has 2 aliphatic heterocycles. The molecule has 4 aliphatic rings. The number of hydrogen-bond acceptors (Lipinski definition) is 7. The fraction of sp³-hybridized carbons (Fsp3) is 0.867. The van der Waals surface area contributed by atoms with Crippen molar-refractivity contribution >= 4 is 11.9 Å². The van der Waals surface area contributed by atoms with Crippen molar-refractivity contribution < 1.29 is 34.4 Å². The van der Waals surface area contributed by atoms with E-state index in [-0.39, 0.29) is 25.4 Å². The van der Waals surface area contributed by atoms with E-state index in [1.807, 2.05) is 0 Å². The molecule has 0 aromatic carbocycles. The number of ether oxygens (including phenoxy) is 2. The highest BCUT2D eigenvalue weighted by Gasteiger charge is 2.82. The molecule has 8 atom stereocenters. The molecule has 0 amide bonds. The lowest BCUT2D eigenvalue weighted by Gasteiger charge is -2.62. The van der Waals surface area contributed by atoms with Gasteiger partial charge in [-0.05, 0) is 18.8 Å². The number of rotatable bonds is 0. The van der Waals surface area contributed by atoms with Crippen molar-refractivity contribution in [3.8, 4) is 0 Å². The first-order chi connectivity index (χ1) is 10.2. The third-order valence-corrected chi connectivity index (χ3v) is 6.86. The van der Waals surface area contributed by atoms with Crippen LogP contribution in [0.15, 0.2) is 0 Å². The van der Waals surface area contributed by atoms with Gasteiger partial charge in [-0.1, -0.05) is 13.8 Å². The van der Waals surface area contributed by atoms with Crippen LogP contribution in [0.3, 0.4) is 0 Å². The van der Waals surface area contributed by atoms with Crippen LogP contribution in [-0.4, -0.2) is 57.8 Å². The van der Waals surface area contributed by atoms with Crippen LogP contribution in [0.1, 0.15) is 26.7 Å². The van der Waals surface area contributed by atoms with Gasteiger partial charge in [-0.3, -0.25) is 4.79 Å². The van der Waals surface area contributed by atoms with E-state index in [4.69, 9.17) is 9.47 Å². The second kappa shape index (κ2) is 3.83. The molecular formula is C15H20O7. The second-order valence-corrected chi connectivity index (χ2v) is 7.54. The Morgan fingerprint density at radius 2 is 1.91 bits per heavy atom. The minimum absolute atomic E-state index is 0.0562. The van der Waals surface area contributed by atoms with Crippen LogP contribution in [0, 0.1) is 22.7 Å². The zero-order chi connectivity index (χ0) is 16.1. The molecule has 0 unspecified atom stereocenters. The molecule has 1 spiro atoms. The van der Waals surface area contributed by atoms with Crippen molar-refractivity contribution in [2.75, 3.05) is 6.61 Å². The Morgan fingerprint density at radius 3 is 2.59 bits per heavy atom. The van der Waals surface area contributed by atoms with E-state index in [2.05, 4.69) is 0 Å². The second-order valence-electron chi connectivity index (χ2n) is 7.54. The SMILES string of the molecule is C[C@@H]1C[C@@H](O)[C@@]2(O)[C@@]13C[C@H](OC(=O)[C@@H]3O)[C@H]1C(=O)OC[C@]12C. The fourth-order valence-electron chi connectivity index (χ4n) is 5.81. The first-order valence-electron chi connectivity index (χ1n) is 7.66. The van der Waals surface area contributed by atoms with Gasteiger partial charge in [0.15, 0.2) is 6.10 Å². The third kappa shape index (κ3) is 1.16. The maximum Gasteiger partial charge on any atom is 0.335 e. The minimum Gasteiger partial charge on any atom is -0.465 e. The lowest BCUT2D eigenvalue weighted by molar-refractivity contribution is -0.300. The third-order valence-electron chi connectivity index (χ3n) is 6.86. The fourth-order valence-corrected chi connectivity index (χ4v) is 5.81. The van der Waals surface area contributed by atoms with Crippen molar-refractivity contribution in [1.29, 1.82) is 0 Å². The topological polar surface area (TPSA) is 113 Å². The van der Waals surface area contributed by atoms with Crippen LogP contribution in [0.5, 0.6) is 0 Å². The van der Waals surface area contributed by atoms with E-state index in [0.29, 0.717) is 0 Å². The van der Waals surface area contributed by atoms with Crippen molar-refractivity contribution in [1.82, 2.24) is 0 Å². The van der Waals surface area contributed by atoms with Gasteiger partial charge in [-0.2, -0.15) is 0 Å². The van der Waals surface area contributed by atoms with Crippen LogP contribution in [0.25, 0.3) is 0 Å². The standard InChI is InChI=1S/C15H20O7/c1-6-3-8(16)15(20)13(2)5-21-11(18)9(13)7-4-14(6,15)10(17)12(19)22-7/h6-10,16-17,20H,3-5H2,1-2H3/t6-,7+,8-,9+,10+,13-,14+,15+/m1/s1. The van der Waals surface area contributed by atoms with E-state index >= 15 is 0 Å². The summed E-state index contributed by atoms with van der Waals surface area (Å²) in [4.78, 5) is 24.3. The summed E-state index contributed by atoms with van der Waals surface area (Å²) >= 11 is 0. The smallest absolute Gasteiger partial charge is 0.335 e. The molecule has 0 aromatic heterocycles. The Labute approximate surface area is 127 Å². The first kappa shape index (κ1) is 14.4. The number of carbonyl (C=O) groups is 2. The monoisotopic (exact) mass is 312 g/mol. The zero-order valence-corrected chi connectivity index (χ0v) is 12.5. The molecule has 4 fully saturated rings. The molecule has 7 nitrogen and oxygen atoms in total. The molecule has 2 bridgehead atoms. The van der Waals surface area contributed by atoms with Gasteiger partial charge in [0.2, 0.25) is 0 Å². The predicted octanol–water partition coefficient (Wildman–Crippen LogP) is -1.03. The van der Waals surface area contributed by atoms with E-state index < -0.39 is 52.6 Å². The normalized spacial score (nSPS) is 59.6. The average Bonchev–Trinajstić information content (AvgIpc) is 2.86. The molecule has 0 aromatic rings. The maximum absolute atomic E-state index is 12.1. The number of aliphatic hydroxyl groups is 3. The summed E-state index contributed by atoms with van der Waals surface area (Å²) in [6.45, 7) is 3.43. The largest absolute Gasteiger partial charge is 0.465 e. The summed E-state index contributed by atoms with van der Waals surface area (Å²) in [5.74, 6) is -2.46. The number of hydrogen-bond donors (Lipinski definition) is 3. The Balaban J connectivity index is 1.99. The lowest BCUT2D eigenvalue weighted by atomic mass is 9.45. The summed E-state index contributed by atoms with van der Waals surface area (Å²) in [6.07, 6.45) is -2.97. The first-order valence-corrected chi connectivity index (χ1v) is 7.66. The highest BCUT2D eigenvalue weighted by atomic mass is 16.6. The molecule has 2 saturated carbocycles. The molecule has 3 N–H and O–H groups in total. The molecule has 4 rings (SSSR count). The molecule has 2 aliphatic carbocycles. The van der Waals surface area contributed by atoms with Crippen molar-refractivity contribution in [3.63, 3.8) is 0 Å². The number of fused-ring (bicyclic) bond motifs is 4. The number of esters is 2. The van der Waals surface area contributed by atoms with Gasteiger partial charge in [0.05, 0.1) is 11.5 Å². The summed E-state index contributed by atoms with van der Waals surface area (Å²) in [7, 11) is 0. The van der Waals surface area contributed by atoms with Gasteiger partial charge in [0.1, 0.15) is 24.2 Å². The average molecular weight is 312 g/mol. The zero-order valence-electron chi connectivity index (χ0n) is 12.5. The van der Waals surface area contributed by atoms with Crippen LogP contribution < -0.4 is 0 Å². The van der Waals surface area contributed by atoms with Gasteiger partial charge in [0.25, 0.3) is 0 Å². The molecule has 2 saturated heterocycles. The maximum atomic E-state index is 12.1. The number of aliphatic hydroxyl groups excluding tert-OH is 2. The summed E-state index contributed by atoms with van der Waals surface area (Å²) in [5, 5.41) is 32.7. The lowest BCUT2D eigenvalue weighted by Crippen LogP contribution is -2.76.